The molecular weight excluding hydrogens is 452 g/mol. The minimum atomic E-state index is -0.384. The van der Waals surface area contributed by atoms with Crippen LogP contribution in [0.5, 0.6) is 0 Å². The molecule has 0 aliphatic rings. The lowest BCUT2D eigenvalue weighted by Crippen LogP contribution is -2.41. The summed E-state index contributed by atoms with van der Waals surface area (Å²) in [6, 6.07) is 15.0. The van der Waals surface area contributed by atoms with E-state index in [-0.39, 0.29) is 11.8 Å². The van der Waals surface area contributed by atoms with E-state index < -0.39 is 0 Å². The summed E-state index contributed by atoms with van der Waals surface area (Å²) in [6.07, 6.45) is 1.81. The molecule has 0 fully saturated rings. The first-order valence-corrected chi connectivity index (χ1v) is 10.4. The van der Waals surface area contributed by atoms with E-state index >= 15 is 0 Å². The van der Waals surface area contributed by atoms with Gasteiger partial charge in [0.1, 0.15) is 4.88 Å². The van der Waals surface area contributed by atoms with E-state index in [0.29, 0.717) is 10.4 Å². The average molecular weight is 469 g/mol. The van der Waals surface area contributed by atoms with Crippen molar-refractivity contribution in [3.63, 3.8) is 0 Å². The van der Waals surface area contributed by atoms with Crippen molar-refractivity contribution < 1.29 is 9.59 Å². The van der Waals surface area contributed by atoms with Gasteiger partial charge in [-0.1, -0.05) is 57.1 Å². The quantitative estimate of drug-likeness (QED) is 0.434. The van der Waals surface area contributed by atoms with Gasteiger partial charge < -0.3 is 0 Å². The Bertz CT molecular complexity index is 1210. The molecule has 4 rings (SSSR count). The maximum absolute atomic E-state index is 12.7. The fraction of sp³-hybridized carbons (Fsp3) is 0.0952. The first kappa shape index (κ1) is 19.4. The molecule has 6 nitrogen and oxygen atoms in total. The fourth-order valence-corrected chi connectivity index (χ4v) is 4.24. The molecule has 2 aromatic heterocycles. The van der Waals surface area contributed by atoms with Crippen LogP contribution in [0.3, 0.4) is 0 Å². The van der Waals surface area contributed by atoms with Crippen molar-refractivity contribution in [1.29, 1.82) is 0 Å². The Kier molecular flexibility index (Phi) is 5.21. The molecule has 0 bridgehead atoms. The third-order valence-electron chi connectivity index (χ3n) is 4.54. The van der Waals surface area contributed by atoms with Crippen molar-refractivity contribution in [2.45, 2.75) is 13.8 Å². The highest BCUT2D eigenvalue weighted by Gasteiger charge is 2.20. The number of aryl methyl sites for hydroxylation is 2. The number of hydrogen-bond donors (Lipinski definition) is 2. The molecule has 0 unspecified atom stereocenters. The highest BCUT2D eigenvalue weighted by molar-refractivity contribution is 9.10. The summed E-state index contributed by atoms with van der Waals surface area (Å²) in [5.74, 6) is -0.761. The van der Waals surface area contributed by atoms with Crippen LogP contribution in [0.1, 0.15) is 31.3 Å². The van der Waals surface area contributed by atoms with Gasteiger partial charge in [0.25, 0.3) is 11.8 Å². The number of halogens is 1. The number of imidazole rings is 1. The molecular formula is C21H17BrN4O2S. The largest absolute Gasteiger partial charge is 0.287 e. The molecule has 2 N–H and O–H groups in total. The van der Waals surface area contributed by atoms with Crippen molar-refractivity contribution >= 4 is 44.0 Å². The van der Waals surface area contributed by atoms with Crippen molar-refractivity contribution in [3.05, 3.63) is 80.9 Å². The zero-order valence-corrected chi connectivity index (χ0v) is 18.1. The summed E-state index contributed by atoms with van der Waals surface area (Å²) >= 11 is 4.61. The van der Waals surface area contributed by atoms with Gasteiger partial charge in [-0.2, -0.15) is 0 Å². The van der Waals surface area contributed by atoms with E-state index in [9.17, 15) is 9.59 Å². The third kappa shape index (κ3) is 3.81. The van der Waals surface area contributed by atoms with Gasteiger partial charge in [-0.05, 0) is 38.1 Å². The van der Waals surface area contributed by atoms with Gasteiger partial charge in [-0.15, -0.1) is 0 Å². The van der Waals surface area contributed by atoms with E-state index in [1.165, 1.54) is 16.9 Å². The standard InChI is InChI=1S/C21H17BrN4O2S/c1-12-3-5-14(6-4-12)17-11-23-21-26(17)13(2)18(29-21)20(28)25-24-19(27)15-7-9-16(22)10-8-15/h3-11H,1-2H3,(H,24,27)(H,25,28). The van der Waals surface area contributed by atoms with Crippen LogP contribution in [0.15, 0.2) is 59.2 Å². The lowest BCUT2D eigenvalue weighted by atomic mass is 10.1. The first-order chi connectivity index (χ1) is 13.9. The summed E-state index contributed by atoms with van der Waals surface area (Å²) < 4.78 is 2.83. The Morgan fingerprint density at radius 2 is 1.62 bits per heavy atom. The van der Waals surface area contributed by atoms with Crippen molar-refractivity contribution in [1.82, 2.24) is 20.2 Å². The zero-order chi connectivity index (χ0) is 20.5. The summed E-state index contributed by atoms with van der Waals surface area (Å²) in [5, 5.41) is 0. The molecule has 29 heavy (non-hydrogen) atoms. The lowest BCUT2D eigenvalue weighted by Gasteiger charge is -2.07. The molecule has 2 aromatic carbocycles. The number of nitrogens with one attached hydrogen (secondary N) is 2. The van der Waals surface area contributed by atoms with E-state index in [4.69, 9.17) is 0 Å². The Morgan fingerprint density at radius 1 is 0.966 bits per heavy atom. The summed E-state index contributed by atoms with van der Waals surface area (Å²) in [7, 11) is 0. The topological polar surface area (TPSA) is 75.5 Å². The number of thiazole rings is 1. The molecule has 0 saturated heterocycles. The van der Waals surface area contributed by atoms with Gasteiger partial charge >= 0.3 is 0 Å². The second-order valence-corrected chi connectivity index (χ2v) is 8.45. The Labute approximate surface area is 179 Å². The smallest absolute Gasteiger partial charge is 0.281 e. The predicted octanol–water partition coefficient (Wildman–Crippen LogP) is 4.52. The Morgan fingerprint density at radius 3 is 2.31 bits per heavy atom. The van der Waals surface area contributed by atoms with Crippen molar-refractivity contribution in [2.75, 3.05) is 0 Å². The number of benzene rings is 2. The van der Waals surface area contributed by atoms with Crippen LogP contribution in [-0.4, -0.2) is 21.2 Å². The summed E-state index contributed by atoms with van der Waals surface area (Å²) in [4.78, 5) is 30.5. The number of carbonyl (C=O) groups is 2. The molecule has 0 aliphatic carbocycles. The maximum atomic E-state index is 12.7. The van der Waals surface area contributed by atoms with Crippen LogP contribution in [0.25, 0.3) is 16.2 Å². The van der Waals surface area contributed by atoms with Gasteiger partial charge in [0.2, 0.25) is 0 Å². The zero-order valence-electron chi connectivity index (χ0n) is 15.7. The minimum absolute atomic E-state index is 0.377. The van der Waals surface area contributed by atoms with Gasteiger partial charge in [0.15, 0.2) is 4.96 Å². The normalized spacial score (nSPS) is 10.9. The first-order valence-electron chi connectivity index (χ1n) is 8.84. The molecule has 0 radical (unpaired) electrons. The predicted molar refractivity (Wildman–Crippen MR) is 117 cm³/mol. The molecule has 8 heteroatoms. The number of amides is 2. The number of fused-ring (bicyclic) bond motifs is 1. The molecule has 2 amide bonds. The molecule has 146 valence electrons. The number of aromatic nitrogens is 2. The van der Waals surface area contributed by atoms with E-state index in [1.807, 2.05) is 42.5 Å². The van der Waals surface area contributed by atoms with Gasteiger partial charge in [0.05, 0.1) is 11.9 Å². The average Bonchev–Trinajstić information content (AvgIpc) is 3.27. The number of hydrogen-bond acceptors (Lipinski definition) is 4. The van der Waals surface area contributed by atoms with E-state index in [1.54, 1.807) is 30.5 Å². The van der Waals surface area contributed by atoms with Crippen LogP contribution in [-0.2, 0) is 0 Å². The Balaban J connectivity index is 1.55. The van der Waals surface area contributed by atoms with Crippen molar-refractivity contribution in [3.8, 4) is 11.3 Å². The number of rotatable bonds is 3. The number of hydrazine groups is 1. The molecule has 2 heterocycles. The molecule has 4 aromatic rings. The highest BCUT2D eigenvalue weighted by Crippen LogP contribution is 2.29. The maximum Gasteiger partial charge on any atom is 0.281 e. The summed E-state index contributed by atoms with van der Waals surface area (Å²) in [5.41, 5.74) is 9.30. The van der Waals surface area contributed by atoms with Crippen LogP contribution < -0.4 is 10.9 Å². The van der Waals surface area contributed by atoms with Crippen LogP contribution in [0, 0.1) is 13.8 Å². The molecule has 0 aliphatic heterocycles. The van der Waals surface area contributed by atoms with Gasteiger partial charge in [-0.25, -0.2) is 4.98 Å². The molecule has 0 spiro atoms. The molecule has 0 saturated carbocycles. The van der Waals surface area contributed by atoms with Gasteiger partial charge in [0, 0.05) is 21.3 Å². The monoisotopic (exact) mass is 468 g/mol. The summed E-state index contributed by atoms with van der Waals surface area (Å²) in [6.45, 7) is 3.91. The van der Waals surface area contributed by atoms with Gasteiger partial charge in [-0.3, -0.25) is 24.8 Å². The second-order valence-electron chi connectivity index (χ2n) is 6.56. The van der Waals surface area contributed by atoms with Crippen LogP contribution in [0.4, 0.5) is 0 Å². The second kappa shape index (κ2) is 7.81. The fourth-order valence-electron chi connectivity index (χ4n) is 2.98. The number of carbonyl (C=O) groups excluding carboxylic acids is 2. The minimum Gasteiger partial charge on any atom is -0.287 e. The Hall–Kier alpha value is -2.97. The highest BCUT2D eigenvalue weighted by atomic mass is 79.9. The lowest BCUT2D eigenvalue weighted by molar-refractivity contribution is 0.0848. The van der Waals surface area contributed by atoms with E-state index in [0.717, 1.165) is 26.4 Å². The van der Waals surface area contributed by atoms with Crippen LogP contribution >= 0.6 is 27.3 Å². The third-order valence-corrected chi connectivity index (χ3v) is 6.22. The van der Waals surface area contributed by atoms with Crippen LogP contribution in [0.2, 0.25) is 0 Å². The van der Waals surface area contributed by atoms with Crippen molar-refractivity contribution in [2.24, 2.45) is 0 Å². The number of nitrogens with zero attached hydrogens (tertiary/aromatic N) is 2. The molecule has 0 atom stereocenters. The van der Waals surface area contributed by atoms with E-state index in [2.05, 4.69) is 31.8 Å². The SMILES string of the molecule is Cc1ccc(-c2cnc3sc(C(=O)NNC(=O)c4ccc(Br)cc4)c(C)n23)cc1.